The van der Waals surface area contributed by atoms with Crippen LogP contribution < -0.4 is 10.2 Å². The molecule has 1 heterocycles. The predicted molar refractivity (Wildman–Crippen MR) is 94.3 cm³/mol. The quantitative estimate of drug-likeness (QED) is 0.828. The molecule has 0 amide bonds. The van der Waals surface area contributed by atoms with Gasteiger partial charge in [0.1, 0.15) is 0 Å². The number of hydrogen-bond donors (Lipinski definition) is 1. The zero-order chi connectivity index (χ0) is 15.4. The number of hydrogen-bond acceptors (Lipinski definition) is 3. The lowest BCUT2D eigenvalue weighted by atomic mass is 10.1. The van der Waals surface area contributed by atoms with E-state index in [0.29, 0.717) is 12.1 Å². The number of thiophene rings is 1. The summed E-state index contributed by atoms with van der Waals surface area (Å²) in [5, 5.41) is 5.63. The van der Waals surface area contributed by atoms with Crippen molar-refractivity contribution in [1.29, 1.82) is 0 Å². The number of nitrogens with zero attached hydrogens (tertiary/aromatic N) is 1. The fraction of sp³-hybridized carbons (Fsp3) is 0.444. The van der Waals surface area contributed by atoms with E-state index < -0.39 is 0 Å². The van der Waals surface area contributed by atoms with E-state index in [0.717, 1.165) is 6.54 Å². The highest BCUT2D eigenvalue weighted by Crippen LogP contribution is 2.29. The molecule has 0 aliphatic rings. The number of nitrogens with one attached hydrogen (secondary N) is 1. The van der Waals surface area contributed by atoms with Gasteiger partial charge in [-0.2, -0.15) is 0 Å². The largest absolute Gasteiger partial charge is 0.367 e. The van der Waals surface area contributed by atoms with E-state index in [2.05, 4.69) is 80.7 Å². The summed E-state index contributed by atoms with van der Waals surface area (Å²) in [5.74, 6) is 0. The van der Waals surface area contributed by atoms with Crippen LogP contribution in [0.1, 0.15) is 42.8 Å². The van der Waals surface area contributed by atoms with Crippen molar-refractivity contribution < 1.29 is 0 Å². The van der Waals surface area contributed by atoms with Crippen LogP contribution in [0, 0.1) is 6.92 Å². The monoisotopic (exact) mass is 302 g/mol. The third kappa shape index (κ3) is 4.08. The van der Waals surface area contributed by atoms with Crippen LogP contribution >= 0.6 is 11.3 Å². The van der Waals surface area contributed by atoms with Gasteiger partial charge in [0, 0.05) is 30.2 Å². The molecule has 0 bridgehead atoms. The molecular formula is C18H26N2S. The standard InChI is InChI=1S/C18H26N2S/c1-13(2)19-12-16-8-9-17(11-14(16)3)20(5)15(4)18-7-6-10-21-18/h6-11,13,15,19H,12H2,1-5H3. The summed E-state index contributed by atoms with van der Waals surface area (Å²) >= 11 is 1.82. The maximum Gasteiger partial charge on any atom is 0.0603 e. The summed E-state index contributed by atoms with van der Waals surface area (Å²) in [5.41, 5.74) is 4.01. The van der Waals surface area contributed by atoms with Crippen LogP contribution in [0.2, 0.25) is 0 Å². The molecule has 0 radical (unpaired) electrons. The Morgan fingerprint density at radius 3 is 2.52 bits per heavy atom. The van der Waals surface area contributed by atoms with Gasteiger partial charge in [0.15, 0.2) is 0 Å². The van der Waals surface area contributed by atoms with Gasteiger partial charge in [-0.05, 0) is 48.6 Å². The molecule has 114 valence electrons. The molecule has 0 aliphatic heterocycles. The average Bonchev–Trinajstić information content (AvgIpc) is 2.98. The number of aryl methyl sites for hydroxylation is 1. The molecule has 2 rings (SSSR count). The van der Waals surface area contributed by atoms with Gasteiger partial charge in [-0.3, -0.25) is 0 Å². The van der Waals surface area contributed by atoms with Crippen LogP contribution in [0.3, 0.4) is 0 Å². The van der Waals surface area contributed by atoms with Crippen molar-refractivity contribution in [2.75, 3.05) is 11.9 Å². The lowest BCUT2D eigenvalue weighted by Gasteiger charge is -2.27. The van der Waals surface area contributed by atoms with Gasteiger partial charge in [0.05, 0.1) is 6.04 Å². The van der Waals surface area contributed by atoms with Gasteiger partial charge in [-0.25, -0.2) is 0 Å². The second-order valence-electron chi connectivity index (χ2n) is 5.95. The highest BCUT2D eigenvalue weighted by molar-refractivity contribution is 7.10. The molecule has 2 aromatic rings. The predicted octanol–water partition coefficient (Wildman–Crippen LogP) is 4.75. The molecule has 1 atom stereocenters. The first kappa shape index (κ1) is 16.1. The third-order valence-corrected chi connectivity index (χ3v) is 5.01. The van der Waals surface area contributed by atoms with Crippen molar-refractivity contribution in [1.82, 2.24) is 5.32 Å². The summed E-state index contributed by atoms with van der Waals surface area (Å²) in [6, 6.07) is 12.0. The summed E-state index contributed by atoms with van der Waals surface area (Å²) < 4.78 is 0. The maximum atomic E-state index is 3.48. The first-order chi connectivity index (χ1) is 9.99. The Morgan fingerprint density at radius 1 is 1.19 bits per heavy atom. The Kier molecular flexibility index (Phi) is 5.43. The van der Waals surface area contributed by atoms with Crippen LogP contribution in [0.15, 0.2) is 35.7 Å². The Balaban J connectivity index is 2.12. The van der Waals surface area contributed by atoms with Crippen LogP contribution in [0.4, 0.5) is 5.69 Å². The highest BCUT2D eigenvalue weighted by atomic mass is 32.1. The second kappa shape index (κ2) is 7.10. The van der Waals surface area contributed by atoms with E-state index in [1.165, 1.54) is 21.7 Å². The van der Waals surface area contributed by atoms with Gasteiger partial charge in [0.2, 0.25) is 0 Å². The highest BCUT2D eigenvalue weighted by Gasteiger charge is 2.14. The molecule has 3 heteroatoms. The zero-order valence-corrected chi connectivity index (χ0v) is 14.5. The molecule has 0 spiro atoms. The van der Waals surface area contributed by atoms with Crippen molar-refractivity contribution in [2.24, 2.45) is 0 Å². The molecule has 0 fully saturated rings. The fourth-order valence-corrected chi connectivity index (χ4v) is 3.18. The second-order valence-corrected chi connectivity index (χ2v) is 6.93. The topological polar surface area (TPSA) is 15.3 Å². The summed E-state index contributed by atoms with van der Waals surface area (Å²) in [4.78, 5) is 3.75. The van der Waals surface area contributed by atoms with Gasteiger partial charge in [-0.1, -0.05) is 26.0 Å². The van der Waals surface area contributed by atoms with E-state index in [1.54, 1.807) is 0 Å². The van der Waals surface area contributed by atoms with Crippen molar-refractivity contribution in [3.05, 3.63) is 51.7 Å². The van der Waals surface area contributed by atoms with Crippen LogP contribution in [0.25, 0.3) is 0 Å². The molecular weight excluding hydrogens is 276 g/mol. The lowest BCUT2D eigenvalue weighted by molar-refractivity contribution is 0.587. The number of rotatable bonds is 6. The zero-order valence-electron chi connectivity index (χ0n) is 13.7. The molecule has 1 aromatic heterocycles. The smallest absolute Gasteiger partial charge is 0.0603 e. The van der Waals surface area contributed by atoms with Crippen LogP contribution in [0.5, 0.6) is 0 Å². The third-order valence-electron chi connectivity index (χ3n) is 3.97. The van der Waals surface area contributed by atoms with Crippen molar-refractivity contribution in [3.8, 4) is 0 Å². The van der Waals surface area contributed by atoms with E-state index in [1.807, 2.05) is 11.3 Å². The van der Waals surface area contributed by atoms with Gasteiger partial charge in [-0.15, -0.1) is 11.3 Å². The minimum atomic E-state index is 0.407. The molecule has 2 nitrogen and oxygen atoms in total. The molecule has 1 aromatic carbocycles. The molecule has 0 saturated heterocycles. The Bertz CT molecular complexity index is 561. The molecule has 1 N–H and O–H groups in total. The molecule has 0 saturated carbocycles. The van der Waals surface area contributed by atoms with E-state index in [4.69, 9.17) is 0 Å². The SMILES string of the molecule is Cc1cc(N(C)C(C)c2cccs2)ccc1CNC(C)C. The van der Waals surface area contributed by atoms with Crippen molar-refractivity contribution >= 4 is 17.0 Å². The Morgan fingerprint density at radius 2 is 1.95 bits per heavy atom. The Labute approximate surface area is 132 Å². The fourth-order valence-electron chi connectivity index (χ4n) is 2.36. The first-order valence-electron chi connectivity index (χ1n) is 7.58. The van der Waals surface area contributed by atoms with E-state index in [-0.39, 0.29) is 0 Å². The van der Waals surface area contributed by atoms with E-state index >= 15 is 0 Å². The summed E-state index contributed by atoms with van der Waals surface area (Å²) in [7, 11) is 2.17. The normalized spacial score (nSPS) is 12.7. The summed E-state index contributed by atoms with van der Waals surface area (Å²) in [6.45, 7) is 9.76. The number of benzene rings is 1. The van der Waals surface area contributed by atoms with Gasteiger partial charge >= 0.3 is 0 Å². The van der Waals surface area contributed by atoms with E-state index in [9.17, 15) is 0 Å². The van der Waals surface area contributed by atoms with Crippen molar-refractivity contribution in [2.45, 2.75) is 46.3 Å². The van der Waals surface area contributed by atoms with Crippen molar-refractivity contribution in [3.63, 3.8) is 0 Å². The molecule has 0 aliphatic carbocycles. The van der Waals surface area contributed by atoms with Crippen LogP contribution in [-0.2, 0) is 6.54 Å². The minimum Gasteiger partial charge on any atom is -0.367 e. The minimum absolute atomic E-state index is 0.407. The summed E-state index contributed by atoms with van der Waals surface area (Å²) in [6.07, 6.45) is 0. The number of anilines is 1. The molecule has 1 unspecified atom stereocenters. The van der Waals surface area contributed by atoms with Gasteiger partial charge in [0.25, 0.3) is 0 Å². The first-order valence-corrected chi connectivity index (χ1v) is 8.46. The average molecular weight is 302 g/mol. The van der Waals surface area contributed by atoms with Gasteiger partial charge < -0.3 is 10.2 Å². The maximum absolute atomic E-state index is 3.48. The van der Waals surface area contributed by atoms with Crippen LogP contribution in [-0.4, -0.2) is 13.1 Å². The molecule has 21 heavy (non-hydrogen) atoms. The Hall–Kier alpha value is -1.32. The lowest BCUT2D eigenvalue weighted by Crippen LogP contribution is -2.23.